The summed E-state index contributed by atoms with van der Waals surface area (Å²) in [6.45, 7) is 0.222. The van der Waals surface area contributed by atoms with Gasteiger partial charge in [0.2, 0.25) is 6.71 Å². The molecule has 1 heterocycles. The van der Waals surface area contributed by atoms with E-state index in [-0.39, 0.29) is 6.71 Å². The minimum Gasteiger partial charge on any atom is -0.356 e. The molecule has 26 heavy (non-hydrogen) atoms. The zero-order valence-electron chi connectivity index (χ0n) is 14.4. The third-order valence-corrected chi connectivity index (χ3v) is 5.17. The summed E-state index contributed by atoms with van der Waals surface area (Å²) < 4.78 is 0. The van der Waals surface area contributed by atoms with Gasteiger partial charge in [-0.05, 0) is 34.2 Å². The van der Waals surface area contributed by atoms with Gasteiger partial charge in [-0.1, -0.05) is 96.5 Å². The maximum absolute atomic E-state index is 3.60. The fraction of sp³-hybridized carbons (Fsp3) is 0. The van der Waals surface area contributed by atoms with Crippen LogP contribution in [0.2, 0.25) is 0 Å². The molecule has 5 rings (SSSR count). The molecule has 0 fully saturated rings. The van der Waals surface area contributed by atoms with E-state index in [1.165, 1.54) is 38.9 Å². The summed E-state index contributed by atoms with van der Waals surface area (Å²) in [5, 5.41) is 3.60. The highest BCUT2D eigenvalue weighted by Gasteiger charge is 2.31. The molecule has 0 saturated carbocycles. The van der Waals surface area contributed by atoms with Gasteiger partial charge < -0.3 is 5.32 Å². The van der Waals surface area contributed by atoms with E-state index in [2.05, 4.69) is 108 Å². The largest absolute Gasteiger partial charge is 0.356 e. The lowest BCUT2D eigenvalue weighted by atomic mass is 9.34. The van der Waals surface area contributed by atoms with Crippen molar-refractivity contribution in [1.29, 1.82) is 0 Å². The van der Waals surface area contributed by atoms with Crippen molar-refractivity contribution in [1.82, 2.24) is 0 Å². The molecule has 0 radical (unpaired) electrons. The molecule has 1 N–H and O–H groups in total. The summed E-state index contributed by atoms with van der Waals surface area (Å²) >= 11 is 0. The van der Waals surface area contributed by atoms with Crippen molar-refractivity contribution in [3.05, 3.63) is 103 Å². The predicted octanol–water partition coefficient (Wildman–Crippen LogP) is 3.93. The van der Waals surface area contributed by atoms with Crippen molar-refractivity contribution in [2.75, 3.05) is 5.32 Å². The minimum absolute atomic E-state index is 0.222. The summed E-state index contributed by atoms with van der Waals surface area (Å²) in [5.41, 5.74) is 8.95. The Bertz CT molecular complexity index is 1030. The number of rotatable bonds is 2. The standard InChI is InChI=1S/C24H18BN/c1-2-10-18(11-3-1)19-12-4-5-13-20(19)25-21-14-6-8-16-23(21)26-24-17-9-7-15-22(24)25/h1-17,26H. The maximum Gasteiger partial charge on any atom is 0.247 e. The van der Waals surface area contributed by atoms with Crippen molar-refractivity contribution < 1.29 is 0 Å². The first-order chi connectivity index (χ1) is 12.9. The Morgan fingerprint density at radius 1 is 0.462 bits per heavy atom. The van der Waals surface area contributed by atoms with E-state index < -0.39 is 0 Å². The second kappa shape index (κ2) is 6.23. The highest BCUT2D eigenvalue weighted by molar-refractivity contribution is 6.98. The molecular formula is C24H18BN. The lowest BCUT2D eigenvalue weighted by Crippen LogP contribution is -2.56. The molecule has 2 heteroatoms. The van der Waals surface area contributed by atoms with Gasteiger partial charge in [0.15, 0.2) is 0 Å². The van der Waals surface area contributed by atoms with Crippen LogP contribution in [-0.2, 0) is 0 Å². The highest BCUT2D eigenvalue weighted by Crippen LogP contribution is 2.23. The molecule has 1 aliphatic heterocycles. The summed E-state index contributed by atoms with van der Waals surface area (Å²) in [5.74, 6) is 0. The average molecular weight is 331 g/mol. The normalized spacial score (nSPS) is 12.1. The lowest BCUT2D eigenvalue weighted by molar-refractivity contribution is 1.56. The third kappa shape index (κ3) is 2.43. The van der Waals surface area contributed by atoms with E-state index in [0.29, 0.717) is 0 Å². The van der Waals surface area contributed by atoms with Crippen LogP contribution in [0.4, 0.5) is 11.4 Å². The number of benzene rings is 4. The van der Waals surface area contributed by atoms with Crippen molar-refractivity contribution >= 4 is 34.5 Å². The first-order valence-corrected chi connectivity index (χ1v) is 9.01. The highest BCUT2D eigenvalue weighted by atomic mass is 14.9. The van der Waals surface area contributed by atoms with Crippen LogP contribution < -0.4 is 21.7 Å². The van der Waals surface area contributed by atoms with Crippen molar-refractivity contribution in [3.63, 3.8) is 0 Å². The Labute approximate surface area is 154 Å². The van der Waals surface area contributed by atoms with Crippen LogP contribution in [0.5, 0.6) is 0 Å². The van der Waals surface area contributed by atoms with Gasteiger partial charge in [0.05, 0.1) is 0 Å². The molecule has 0 aromatic heterocycles. The number of fused-ring (bicyclic) bond motifs is 2. The summed E-state index contributed by atoms with van der Waals surface area (Å²) in [6, 6.07) is 36.7. The fourth-order valence-electron chi connectivity index (χ4n) is 4.00. The first kappa shape index (κ1) is 15.0. The van der Waals surface area contributed by atoms with Crippen LogP contribution in [0.3, 0.4) is 0 Å². The summed E-state index contributed by atoms with van der Waals surface area (Å²) in [4.78, 5) is 0. The van der Waals surface area contributed by atoms with E-state index >= 15 is 0 Å². The van der Waals surface area contributed by atoms with Crippen molar-refractivity contribution in [3.8, 4) is 11.1 Å². The first-order valence-electron chi connectivity index (χ1n) is 9.01. The number of anilines is 2. The maximum atomic E-state index is 3.60. The van der Waals surface area contributed by atoms with Crippen molar-refractivity contribution in [2.45, 2.75) is 0 Å². The molecule has 0 atom stereocenters. The Morgan fingerprint density at radius 2 is 0.962 bits per heavy atom. The monoisotopic (exact) mass is 331 g/mol. The summed E-state index contributed by atoms with van der Waals surface area (Å²) in [7, 11) is 0. The van der Waals surface area contributed by atoms with Gasteiger partial charge in [-0.15, -0.1) is 0 Å². The molecule has 4 aromatic rings. The molecule has 0 spiro atoms. The molecule has 0 saturated heterocycles. The molecule has 122 valence electrons. The molecular weight excluding hydrogens is 313 g/mol. The molecule has 1 nitrogen and oxygen atoms in total. The molecule has 0 bridgehead atoms. The topological polar surface area (TPSA) is 12.0 Å². The molecule has 0 unspecified atom stereocenters. The zero-order valence-corrected chi connectivity index (χ0v) is 14.4. The Hall–Kier alpha value is -3.26. The lowest BCUT2D eigenvalue weighted by Gasteiger charge is -2.29. The average Bonchev–Trinajstić information content (AvgIpc) is 2.72. The smallest absolute Gasteiger partial charge is 0.247 e. The Kier molecular flexibility index (Phi) is 3.60. The second-order valence-electron chi connectivity index (χ2n) is 6.69. The molecule has 1 aliphatic rings. The van der Waals surface area contributed by atoms with Gasteiger partial charge >= 0.3 is 0 Å². The Morgan fingerprint density at radius 3 is 1.62 bits per heavy atom. The van der Waals surface area contributed by atoms with E-state index in [1.807, 2.05) is 0 Å². The number of para-hydroxylation sites is 2. The Balaban J connectivity index is 1.78. The van der Waals surface area contributed by atoms with Crippen LogP contribution >= 0.6 is 0 Å². The molecule has 0 amide bonds. The second-order valence-corrected chi connectivity index (χ2v) is 6.69. The van der Waals surface area contributed by atoms with Gasteiger partial charge in [0.25, 0.3) is 0 Å². The van der Waals surface area contributed by atoms with E-state index in [0.717, 1.165) is 0 Å². The molecule has 0 aliphatic carbocycles. The molecule has 4 aromatic carbocycles. The van der Waals surface area contributed by atoms with Gasteiger partial charge in [-0.25, -0.2) is 0 Å². The van der Waals surface area contributed by atoms with Gasteiger partial charge in [0.1, 0.15) is 0 Å². The van der Waals surface area contributed by atoms with Crippen LogP contribution in [0, 0.1) is 0 Å². The van der Waals surface area contributed by atoms with Crippen LogP contribution in [0.1, 0.15) is 0 Å². The number of hydrogen-bond donors (Lipinski definition) is 1. The third-order valence-electron chi connectivity index (χ3n) is 5.17. The number of hydrogen-bond acceptors (Lipinski definition) is 1. The number of nitrogens with one attached hydrogen (secondary N) is 1. The summed E-state index contributed by atoms with van der Waals surface area (Å²) in [6.07, 6.45) is 0. The van der Waals surface area contributed by atoms with E-state index in [4.69, 9.17) is 0 Å². The van der Waals surface area contributed by atoms with Gasteiger partial charge in [-0.2, -0.15) is 0 Å². The van der Waals surface area contributed by atoms with E-state index in [1.54, 1.807) is 0 Å². The SMILES string of the molecule is c1ccc(-c2ccccc2B2c3ccccc3Nc3ccccc32)cc1. The van der Waals surface area contributed by atoms with Gasteiger partial charge in [0, 0.05) is 11.4 Å². The quantitative estimate of drug-likeness (QED) is 0.483. The zero-order chi connectivity index (χ0) is 17.3. The fourth-order valence-corrected chi connectivity index (χ4v) is 4.00. The predicted molar refractivity (Wildman–Crippen MR) is 113 cm³/mol. The van der Waals surface area contributed by atoms with Crippen LogP contribution in [0.25, 0.3) is 11.1 Å². The van der Waals surface area contributed by atoms with Crippen LogP contribution in [0.15, 0.2) is 103 Å². The van der Waals surface area contributed by atoms with E-state index in [9.17, 15) is 0 Å². The minimum atomic E-state index is 0.222. The van der Waals surface area contributed by atoms with Crippen LogP contribution in [-0.4, -0.2) is 6.71 Å². The van der Waals surface area contributed by atoms with Gasteiger partial charge in [-0.3, -0.25) is 0 Å². The van der Waals surface area contributed by atoms with Crippen molar-refractivity contribution in [2.24, 2.45) is 0 Å².